The SMILES string of the molecule is O=[N+]([O-])c1cc2c(cc1Cl)N=C(c1ccc(Cl)cc1)CO2. The maximum Gasteiger partial charge on any atom is 0.291 e. The molecule has 0 N–H and O–H groups in total. The van der Waals surface area contributed by atoms with Gasteiger partial charge in [-0.15, -0.1) is 0 Å². The van der Waals surface area contributed by atoms with Crippen LogP contribution in [0.4, 0.5) is 11.4 Å². The smallest absolute Gasteiger partial charge is 0.291 e. The van der Waals surface area contributed by atoms with Crippen molar-refractivity contribution in [3.63, 3.8) is 0 Å². The van der Waals surface area contributed by atoms with E-state index in [0.29, 0.717) is 22.2 Å². The van der Waals surface area contributed by atoms with E-state index in [-0.39, 0.29) is 17.3 Å². The van der Waals surface area contributed by atoms with Gasteiger partial charge in [0.25, 0.3) is 5.69 Å². The summed E-state index contributed by atoms with van der Waals surface area (Å²) < 4.78 is 5.54. The van der Waals surface area contributed by atoms with E-state index in [1.54, 1.807) is 12.1 Å². The highest BCUT2D eigenvalue weighted by molar-refractivity contribution is 6.33. The van der Waals surface area contributed by atoms with Crippen LogP contribution in [-0.2, 0) is 0 Å². The van der Waals surface area contributed by atoms with Crippen molar-refractivity contribution in [3.05, 3.63) is 62.1 Å². The zero-order valence-corrected chi connectivity index (χ0v) is 12.1. The number of aliphatic imine (C=N–C) groups is 1. The molecule has 0 amide bonds. The highest BCUT2D eigenvalue weighted by atomic mass is 35.5. The molecule has 5 nitrogen and oxygen atoms in total. The van der Waals surface area contributed by atoms with Crippen molar-refractivity contribution in [2.45, 2.75) is 0 Å². The van der Waals surface area contributed by atoms with Crippen LogP contribution in [0.2, 0.25) is 10.0 Å². The Hall–Kier alpha value is -2.11. The van der Waals surface area contributed by atoms with Crippen LogP contribution in [-0.4, -0.2) is 17.2 Å². The second-order valence-corrected chi connectivity index (χ2v) is 5.23. The number of hydrogen-bond donors (Lipinski definition) is 0. The normalized spacial score (nSPS) is 13.1. The Morgan fingerprint density at radius 2 is 1.90 bits per heavy atom. The summed E-state index contributed by atoms with van der Waals surface area (Å²) in [6, 6.07) is 9.92. The van der Waals surface area contributed by atoms with Gasteiger partial charge in [0.15, 0.2) is 5.75 Å². The lowest BCUT2D eigenvalue weighted by atomic mass is 10.1. The highest BCUT2D eigenvalue weighted by Crippen LogP contribution is 2.39. The molecule has 0 aliphatic carbocycles. The fourth-order valence-corrected chi connectivity index (χ4v) is 2.34. The van der Waals surface area contributed by atoms with E-state index in [2.05, 4.69) is 4.99 Å². The lowest BCUT2D eigenvalue weighted by Gasteiger charge is -2.17. The zero-order chi connectivity index (χ0) is 15.0. The lowest BCUT2D eigenvalue weighted by Crippen LogP contribution is -2.16. The first-order valence-electron chi connectivity index (χ1n) is 5.99. The Labute approximate surface area is 129 Å². The molecule has 0 radical (unpaired) electrons. The molecule has 2 aromatic rings. The number of hydrogen-bond acceptors (Lipinski definition) is 4. The predicted molar refractivity (Wildman–Crippen MR) is 81.3 cm³/mol. The van der Waals surface area contributed by atoms with Gasteiger partial charge in [0.2, 0.25) is 0 Å². The second kappa shape index (κ2) is 5.35. The molecule has 0 saturated carbocycles. The third-order valence-electron chi connectivity index (χ3n) is 3.02. The van der Waals surface area contributed by atoms with E-state index in [1.165, 1.54) is 12.1 Å². The molecule has 0 atom stereocenters. The first kappa shape index (κ1) is 13.9. The second-order valence-electron chi connectivity index (χ2n) is 4.38. The average molecular weight is 323 g/mol. The van der Waals surface area contributed by atoms with Gasteiger partial charge in [0.1, 0.15) is 17.3 Å². The molecular formula is C14H8Cl2N2O3. The Morgan fingerprint density at radius 3 is 2.57 bits per heavy atom. The Kier molecular flexibility index (Phi) is 3.53. The average Bonchev–Trinajstić information content (AvgIpc) is 2.46. The first-order valence-corrected chi connectivity index (χ1v) is 6.74. The van der Waals surface area contributed by atoms with Gasteiger partial charge in [-0.3, -0.25) is 10.1 Å². The molecule has 3 rings (SSSR count). The van der Waals surface area contributed by atoms with Gasteiger partial charge in [-0.05, 0) is 23.8 Å². The minimum atomic E-state index is -0.551. The van der Waals surface area contributed by atoms with Crippen LogP contribution in [0.5, 0.6) is 5.75 Å². The van der Waals surface area contributed by atoms with Crippen molar-refractivity contribution in [1.29, 1.82) is 0 Å². The van der Waals surface area contributed by atoms with Crippen molar-refractivity contribution >= 4 is 40.3 Å². The largest absolute Gasteiger partial charge is 0.485 e. The number of fused-ring (bicyclic) bond motifs is 1. The number of nitro groups is 1. The van der Waals surface area contributed by atoms with E-state index in [9.17, 15) is 10.1 Å². The number of benzene rings is 2. The molecule has 106 valence electrons. The Morgan fingerprint density at radius 1 is 1.19 bits per heavy atom. The third kappa shape index (κ3) is 2.70. The molecule has 0 saturated heterocycles. The number of nitro benzene ring substituents is 1. The minimum Gasteiger partial charge on any atom is -0.485 e. The van der Waals surface area contributed by atoms with E-state index in [1.807, 2.05) is 12.1 Å². The molecule has 0 spiro atoms. The van der Waals surface area contributed by atoms with Crippen molar-refractivity contribution in [3.8, 4) is 5.75 Å². The standard InChI is InChI=1S/C14H8Cl2N2O3/c15-9-3-1-8(2-4-9)12-7-21-14-6-13(18(19)20)10(16)5-11(14)17-12/h1-6H,7H2. The number of ether oxygens (including phenoxy) is 1. The fourth-order valence-electron chi connectivity index (χ4n) is 1.99. The molecule has 21 heavy (non-hydrogen) atoms. The third-order valence-corrected chi connectivity index (χ3v) is 3.58. The lowest BCUT2D eigenvalue weighted by molar-refractivity contribution is -0.384. The monoisotopic (exact) mass is 322 g/mol. The molecule has 0 unspecified atom stereocenters. The molecule has 0 bridgehead atoms. The number of halogens is 2. The molecule has 0 fully saturated rings. The summed E-state index contributed by atoms with van der Waals surface area (Å²) in [5.74, 6) is 0.351. The summed E-state index contributed by atoms with van der Waals surface area (Å²) in [7, 11) is 0. The summed E-state index contributed by atoms with van der Waals surface area (Å²) in [4.78, 5) is 14.7. The molecule has 2 aromatic carbocycles. The van der Waals surface area contributed by atoms with Crippen LogP contribution in [0.1, 0.15) is 5.56 Å². The van der Waals surface area contributed by atoms with Gasteiger partial charge >= 0.3 is 0 Å². The highest BCUT2D eigenvalue weighted by Gasteiger charge is 2.21. The Bertz CT molecular complexity index is 758. The molecular weight excluding hydrogens is 315 g/mol. The van der Waals surface area contributed by atoms with Gasteiger partial charge in [0, 0.05) is 5.02 Å². The number of rotatable bonds is 2. The van der Waals surface area contributed by atoms with Gasteiger partial charge < -0.3 is 4.74 Å². The van der Waals surface area contributed by atoms with Gasteiger partial charge in [0.05, 0.1) is 16.7 Å². The van der Waals surface area contributed by atoms with Gasteiger partial charge in [-0.2, -0.15) is 0 Å². The van der Waals surface area contributed by atoms with Crippen LogP contribution in [0.3, 0.4) is 0 Å². The van der Waals surface area contributed by atoms with Crippen LogP contribution >= 0.6 is 23.2 Å². The van der Waals surface area contributed by atoms with E-state index >= 15 is 0 Å². The summed E-state index contributed by atoms with van der Waals surface area (Å²) in [5.41, 5.74) is 1.87. The van der Waals surface area contributed by atoms with Crippen molar-refractivity contribution in [1.82, 2.24) is 0 Å². The maximum atomic E-state index is 10.8. The van der Waals surface area contributed by atoms with Gasteiger partial charge in [-0.25, -0.2) is 4.99 Å². The quantitative estimate of drug-likeness (QED) is 0.607. The summed E-state index contributed by atoms with van der Waals surface area (Å²) >= 11 is 11.7. The summed E-state index contributed by atoms with van der Waals surface area (Å²) in [6.07, 6.45) is 0. The molecule has 1 aliphatic rings. The molecule has 7 heteroatoms. The molecule has 1 aliphatic heterocycles. The summed E-state index contributed by atoms with van der Waals surface area (Å²) in [5, 5.41) is 11.5. The summed E-state index contributed by atoms with van der Waals surface area (Å²) in [6.45, 7) is 0.230. The van der Waals surface area contributed by atoms with Crippen LogP contribution in [0.25, 0.3) is 0 Å². The fraction of sp³-hybridized carbons (Fsp3) is 0.0714. The minimum absolute atomic E-state index is 0.0310. The van der Waals surface area contributed by atoms with E-state index in [4.69, 9.17) is 27.9 Å². The van der Waals surface area contributed by atoms with Crippen molar-refractivity contribution in [2.24, 2.45) is 4.99 Å². The molecule has 1 heterocycles. The Balaban J connectivity index is 2.03. The van der Waals surface area contributed by atoms with Crippen LogP contribution < -0.4 is 4.74 Å². The van der Waals surface area contributed by atoms with E-state index < -0.39 is 4.92 Å². The number of nitrogens with zero attached hydrogens (tertiary/aromatic N) is 2. The predicted octanol–water partition coefficient (Wildman–Crippen LogP) is 4.41. The van der Waals surface area contributed by atoms with Crippen molar-refractivity contribution < 1.29 is 9.66 Å². The first-order chi connectivity index (χ1) is 10.0. The topological polar surface area (TPSA) is 64.7 Å². The van der Waals surface area contributed by atoms with Crippen molar-refractivity contribution in [2.75, 3.05) is 6.61 Å². The molecule has 0 aromatic heterocycles. The maximum absolute atomic E-state index is 10.8. The van der Waals surface area contributed by atoms with E-state index in [0.717, 1.165) is 5.56 Å². The zero-order valence-electron chi connectivity index (χ0n) is 10.5. The van der Waals surface area contributed by atoms with Crippen LogP contribution in [0, 0.1) is 10.1 Å². The van der Waals surface area contributed by atoms with Crippen LogP contribution in [0.15, 0.2) is 41.4 Å². The van der Waals surface area contributed by atoms with Gasteiger partial charge in [-0.1, -0.05) is 35.3 Å².